The summed E-state index contributed by atoms with van der Waals surface area (Å²) in [6, 6.07) is 6.18. The average molecular weight is 472 g/mol. The summed E-state index contributed by atoms with van der Waals surface area (Å²) < 4.78 is 5.50. The predicted molar refractivity (Wildman–Crippen MR) is 126 cm³/mol. The van der Waals surface area contributed by atoms with Crippen LogP contribution < -0.4 is 5.32 Å². The van der Waals surface area contributed by atoms with Crippen LogP contribution in [0.5, 0.6) is 0 Å². The van der Waals surface area contributed by atoms with E-state index in [2.05, 4.69) is 16.4 Å². The lowest BCUT2D eigenvalue weighted by Crippen LogP contribution is -2.48. The van der Waals surface area contributed by atoms with Gasteiger partial charge in [0.25, 0.3) is 0 Å². The van der Waals surface area contributed by atoms with Crippen LogP contribution in [0, 0.1) is 18.3 Å². The number of β-amino-alcohol motifs (C(OH)–C–C–N with tert-alkyl or cyclic N) is 1. The highest BCUT2D eigenvalue weighted by Crippen LogP contribution is 2.32. The molecule has 1 aliphatic rings. The first-order valence-electron chi connectivity index (χ1n) is 11.1. The zero-order chi connectivity index (χ0) is 24.3. The summed E-state index contributed by atoms with van der Waals surface area (Å²) in [4.78, 5) is 28.0. The third kappa shape index (κ3) is 5.58. The van der Waals surface area contributed by atoms with Crippen molar-refractivity contribution in [2.45, 2.75) is 64.6 Å². The van der Waals surface area contributed by atoms with Gasteiger partial charge in [-0.1, -0.05) is 56.4 Å². The molecule has 8 heteroatoms. The van der Waals surface area contributed by atoms with Gasteiger partial charge in [0.2, 0.25) is 11.8 Å². The van der Waals surface area contributed by atoms with Crippen LogP contribution in [0.4, 0.5) is 0 Å². The normalized spacial score (nSPS) is 19.1. The first kappa shape index (κ1) is 24.8. The van der Waals surface area contributed by atoms with E-state index in [-0.39, 0.29) is 43.2 Å². The topological polar surface area (TPSA) is 95.7 Å². The van der Waals surface area contributed by atoms with Crippen molar-refractivity contribution in [3.63, 3.8) is 0 Å². The molecule has 3 atom stereocenters. The third-order valence-corrected chi connectivity index (χ3v) is 6.27. The minimum absolute atomic E-state index is 0.0830. The quantitative estimate of drug-likeness (QED) is 0.603. The van der Waals surface area contributed by atoms with Gasteiger partial charge in [-0.3, -0.25) is 9.59 Å². The molecule has 1 saturated heterocycles. The molecule has 33 heavy (non-hydrogen) atoms. The molecule has 7 nitrogen and oxygen atoms in total. The summed E-state index contributed by atoms with van der Waals surface area (Å²) in [7, 11) is 0. The molecular weight excluding hydrogens is 442 g/mol. The van der Waals surface area contributed by atoms with E-state index in [1.165, 1.54) is 4.90 Å². The van der Waals surface area contributed by atoms with Gasteiger partial charge in [-0.05, 0) is 29.5 Å². The summed E-state index contributed by atoms with van der Waals surface area (Å²) in [5.74, 6) is 1.86. The molecule has 2 aromatic rings. The van der Waals surface area contributed by atoms with E-state index in [1.54, 1.807) is 24.3 Å². The van der Waals surface area contributed by atoms with E-state index >= 15 is 0 Å². The molecule has 2 N–H and O–H groups in total. The van der Waals surface area contributed by atoms with Crippen molar-refractivity contribution in [3.8, 4) is 12.3 Å². The zero-order valence-corrected chi connectivity index (χ0v) is 20.1. The lowest BCUT2D eigenvalue weighted by atomic mass is 9.90. The maximum atomic E-state index is 13.5. The van der Waals surface area contributed by atoms with Gasteiger partial charge in [0.05, 0.1) is 11.8 Å². The fourth-order valence-electron chi connectivity index (χ4n) is 4.02. The standard InChI is InChI=1S/C25H30ClN3O4/c1-6-16-7-8-17(19(26)9-16)12-27-24(31)21-10-18(30)13-29(21)25(32)23(15(4)5)22-11-20(14(2)3)28-33-22/h1,7-9,11,14-15,18,21,23,30H,10,12-13H2,2-5H3,(H,27,31)/t18-,21+,23+/m1/s1. The zero-order valence-electron chi connectivity index (χ0n) is 19.3. The molecule has 0 unspecified atom stereocenters. The fourth-order valence-corrected chi connectivity index (χ4v) is 4.27. The van der Waals surface area contributed by atoms with Crippen molar-refractivity contribution in [1.29, 1.82) is 0 Å². The number of halogens is 1. The summed E-state index contributed by atoms with van der Waals surface area (Å²) in [5.41, 5.74) is 2.13. The van der Waals surface area contributed by atoms with Crippen molar-refractivity contribution >= 4 is 23.4 Å². The number of terminal acetylenes is 1. The van der Waals surface area contributed by atoms with E-state index in [0.717, 1.165) is 5.69 Å². The van der Waals surface area contributed by atoms with Crippen LogP contribution in [0.2, 0.25) is 5.02 Å². The number of nitrogens with zero attached hydrogens (tertiary/aromatic N) is 2. The number of hydrogen-bond donors (Lipinski definition) is 2. The number of aliphatic hydroxyl groups excluding tert-OH is 1. The Morgan fingerprint density at radius 2 is 2.06 bits per heavy atom. The van der Waals surface area contributed by atoms with Gasteiger partial charge in [-0.2, -0.15) is 0 Å². The molecule has 2 amide bonds. The molecule has 0 radical (unpaired) electrons. The van der Waals surface area contributed by atoms with Crippen molar-refractivity contribution in [1.82, 2.24) is 15.4 Å². The first-order valence-corrected chi connectivity index (χ1v) is 11.5. The number of carbonyl (C=O) groups excluding carboxylic acids is 2. The van der Waals surface area contributed by atoms with E-state index in [4.69, 9.17) is 22.5 Å². The number of hydrogen-bond acceptors (Lipinski definition) is 5. The molecule has 3 rings (SSSR count). The number of likely N-dealkylation sites (tertiary alicyclic amines) is 1. The highest BCUT2D eigenvalue weighted by atomic mass is 35.5. The summed E-state index contributed by atoms with van der Waals surface area (Å²) in [5, 5.41) is 17.6. The lowest BCUT2D eigenvalue weighted by Gasteiger charge is -2.28. The van der Waals surface area contributed by atoms with Gasteiger partial charge in [0.1, 0.15) is 17.7 Å². The minimum Gasteiger partial charge on any atom is -0.391 e. The Bertz CT molecular complexity index is 1060. The van der Waals surface area contributed by atoms with E-state index in [1.807, 2.05) is 27.7 Å². The van der Waals surface area contributed by atoms with E-state index in [0.29, 0.717) is 21.9 Å². The number of rotatable bonds is 7. The lowest BCUT2D eigenvalue weighted by molar-refractivity contribution is -0.141. The van der Waals surface area contributed by atoms with Crippen LogP contribution in [0.25, 0.3) is 0 Å². The van der Waals surface area contributed by atoms with E-state index in [9.17, 15) is 14.7 Å². The van der Waals surface area contributed by atoms with Gasteiger partial charge in [-0.25, -0.2) is 0 Å². The predicted octanol–water partition coefficient (Wildman–Crippen LogP) is 3.45. The van der Waals surface area contributed by atoms with Gasteiger partial charge in [0, 0.05) is 36.2 Å². The SMILES string of the molecule is C#Cc1ccc(CNC(=O)[C@@H]2C[C@@H](O)CN2C(=O)[C@H](c2cc(C(C)C)no2)C(C)C)c(Cl)c1. The van der Waals surface area contributed by atoms with Crippen molar-refractivity contribution in [2.24, 2.45) is 5.92 Å². The average Bonchev–Trinajstić information content (AvgIpc) is 3.39. The summed E-state index contributed by atoms with van der Waals surface area (Å²) in [6.45, 7) is 8.11. The Morgan fingerprint density at radius 1 is 1.33 bits per heavy atom. The van der Waals surface area contributed by atoms with Gasteiger partial charge in [-0.15, -0.1) is 6.42 Å². The van der Waals surface area contributed by atoms with Crippen LogP contribution in [0.15, 0.2) is 28.8 Å². The van der Waals surface area contributed by atoms with Crippen molar-refractivity contribution < 1.29 is 19.2 Å². The van der Waals surface area contributed by atoms with Gasteiger partial charge in [0.15, 0.2) is 0 Å². The second-order valence-corrected chi connectivity index (χ2v) is 9.50. The molecule has 1 aromatic heterocycles. The Labute approximate surface area is 199 Å². The smallest absolute Gasteiger partial charge is 0.243 e. The number of aliphatic hydroxyl groups is 1. The van der Waals surface area contributed by atoms with Crippen molar-refractivity contribution in [3.05, 3.63) is 51.9 Å². The number of aromatic nitrogens is 1. The summed E-state index contributed by atoms with van der Waals surface area (Å²) >= 11 is 6.25. The van der Waals surface area contributed by atoms with Crippen LogP contribution in [0.3, 0.4) is 0 Å². The van der Waals surface area contributed by atoms with Crippen LogP contribution in [-0.4, -0.2) is 45.7 Å². The number of amides is 2. The van der Waals surface area contributed by atoms with E-state index < -0.39 is 18.1 Å². The monoisotopic (exact) mass is 471 g/mol. The first-order chi connectivity index (χ1) is 15.6. The number of benzene rings is 1. The molecule has 0 spiro atoms. The highest BCUT2D eigenvalue weighted by molar-refractivity contribution is 6.31. The maximum Gasteiger partial charge on any atom is 0.243 e. The Hall–Kier alpha value is -2.82. The molecular formula is C25H30ClN3O4. The molecule has 0 aliphatic carbocycles. The molecule has 0 bridgehead atoms. The Morgan fingerprint density at radius 3 is 2.64 bits per heavy atom. The Balaban J connectivity index is 1.76. The van der Waals surface area contributed by atoms with Crippen LogP contribution in [-0.2, 0) is 16.1 Å². The summed E-state index contributed by atoms with van der Waals surface area (Å²) in [6.07, 6.45) is 4.77. The highest BCUT2D eigenvalue weighted by Gasteiger charge is 2.43. The molecule has 2 heterocycles. The molecule has 0 saturated carbocycles. The largest absolute Gasteiger partial charge is 0.391 e. The maximum absolute atomic E-state index is 13.5. The second-order valence-electron chi connectivity index (χ2n) is 9.09. The molecule has 1 aliphatic heterocycles. The number of nitrogens with one attached hydrogen (secondary N) is 1. The number of carbonyl (C=O) groups is 2. The van der Waals surface area contributed by atoms with Crippen molar-refractivity contribution in [2.75, 3.05) is 6.54 Å². The Kier molecular flexibility index (Phi) is 7.83. The molecule has 176 valence electrons. The van der Waals surface area contributed by atoms with Gasteiger partial charge >= 0.3 is 0 Å². The van der Waals surface area contributed by atoms with Crippen LogP contribution >= 0.6 is 11.6 Å². The molecule has 1 fully saturated rings. The fraction of sp³-hybridized carbons (Fsp3) is 0.480. The molecule has 1 aromatic carbocycles. The minimum atomic E-state index is -0.787. The third-order valence-electron chi connectivity index (χ3n) is 5.91. The van der Waals surface area contributed by atoms with Crippen LogP contribution in [0.1, 0.15) is 68.5 Å². The van der Waals surface area contributed by atoms with Gasteiger partial charge < -0.3 is 19.8 Å². The second kappa shape index (κ2) is 10.4.